The van der Waals surface area contributed by atoms with E-state index < -0.39 is 194 Å². The maximum atomic E-state index is 15.3. The van der Waals surface area contributed by atoms with Gasteiger partial charge in [-0.05, 0) is 80.0 Å². The van der Waals surface area contributed by atoms with Crippen LogP contribution < -0.4 is 70.4 Å². The van der Waals surface area contributed by atoms with Crippen LogP contribution >= 0.6 is 0 Å². The SMILES string of the molecule is CCCCCCCCC(=O)N[C@H]1[C@H](OC)O[C@H](Cn2cc(C[C@@H]3NC(=O)[C@H](CCC(N)=O)NC(=O)[C@H](CC(N)=O)NC(=O)[C@@H](Cc4ccccc4)NC(=O)[C@H](Cc4ccccc4)NC(=O)[C@@H]4CCCN4C(=O)[C@@H](Cc4ccccc4)NC(=O)[C@H](CC(C)C)NC(=O)[C@H](CCCN)NC(=O)[C@H](C(C)C)NC3=O)nn2)[C@@H](O)[C@@H]1O. The molecule has 0 saturated carbocycles. The molecule has 15 atom stereocenters. The van der Waals surface area contributed by atoms with Crippen molar-refractivity contribution in [3.8, 4) is 0 Å². The van der Waals surface area contributed by atoms with Crippen LogP contribution in [0.25, 0.3) is 0 Å². The molecule has 112 heavy (non-hydrogen) atoms. The number of nitrogens with one attached hydrogen (secondary N) is 10. The van der Waals surface area contributed by atoms with Gasteiger partial charge in [0.2, 0.25) is 76.8 Å². The molecule has 3 aliphatic heterocycles. The molecule has 3 aromatic carbocycles. The van der Waals surface area contributed by atoms with Gasteiger partial charge in [0, 0.05) is 58.4 Å². The molecule has 3 aliphatic rings. The second kappa shape index (κ2) is 44.7. The van der Waals surface area contributed by atoms with Gasteiger partial charge >= 0.3 is 0 Å². The van der Waals surface area contributed by atoms with Crippen molar-refractivity contribution in [2.75, 3.05) is 20.2 Å². The molecule has 0 spiro atoms. The standard InChI is InChI=1S/C78H113N17O17/c1-7-8-9-10-11-21-32-63(98)90-65-67(100)66(99)60(112-78(65)111-6)44-94-43-50(92-93-94)41-56-74(107)91-64(46(4)5)76(109)83-51(30-22-35-79)68(101)84-53(37-45(2)3)70(103)89-58(40-49-28-19-14-20-29-49)77(110)95-36-23-31-59(95)75(108)88-55(39-48-26-17-13-18-27-48)72(105)85-54(38-47-24-15-12-16-25-47)71(104)87-57(42-62(81)97)73(106)82-52(69(102)86-56)33-34-61(80)96/h12-20,24-29,43,45-46,51-60,64-67,78,99-100H,7-11,21-23,30-42,44,79H2,1-6H3,(H2,80,96)(H2,81,97)(H,82,106)(H,83,109)(H,84,101)(H,85,105)(H,86,102)(H,87,104)(H,88,108)(H,89,103)(H,90,98)(H,91,107)/t51-,52-,53-,54+,55-,56-,57-,58+,59-,60+,64-,65+,66+,67+,78+/m0/s1. The first-order valence-electron chi connectivity index (χ1n) is 38.7. The minimum absolute atomic E-state index is 0.0237. The van der Waals surface area contributed by atoms with Crippen LogP contribution in [0, 0.1) is 11.8 Å². The lowest BCUT2D eigenvalue weighted by molar-refractivity contribution is -0.259. The number of aliphatic hydroxyl groups excluding tert-OH is 2. The summed E-state index contributed by atoms with van der Waals surface area (Å²) >= 11 is 0. The van der Waals surface area contributed by atoms with Crippen LogP contribution in [0.4, 0.5) is 0 Å². The largest absolute Gasteiger partial charge is 0.388 e. The molecule has 4 heterocycles. The molecule has 4 aromatic rings. The Morgan fingerprint density at radius 3 is 1.60 bits per heavy atom. The van der Waals surface area contributed by atoms with E-state index in [1.807, 2.05) is 13.8 Å². The van der Waals surface area contributed by atoms with Gasteiger partial charge in [-0.3, -0.25) is 62.3 Å². The molecule has 3 fully saturated rings. The summed E-state index contributed by atoms with van der Waals surface area (Å²) in [7, 11) is 1.29. The number of unbranched alkanes of at least 4 members (excludes halogenated alkanes) is 5. The molecule has 612 valence electrons. The van der Waals surface area contributed by atoms with E-state index in [9.17, 15) is 53.4 Å². The zero-order chi connectivity index (χ0) is 81.6. The summed E-state index contributed by atoms with van der Waals surface area (Å²) in [6, 6.07) is 9.15. The van der Waals surface area contributed by atoms with Crippen molar-refractivity contribution < 1.29 is 82.0 Å². The molecule has 3 saturated heterocycles. The van der Waals surface area contributed by atoms with Gasteiger partial charge in [-0.1, -0.05) is 163 Å². The quantitative estimate of drug-likeness (QED) is 0.0273. The summed E-state index contributed by atoms with van der Waals surface area (Å²) < 4.78 is 12.8. The average molecular weight is 1560 g/mol. The summed E-state index contributed by atoms with van der Waals surface area (Å²) in [5.74, 6) is -12.8. The number of nitrogens with zero attached hydrogens (tertiary/aromatic N) is 4. The third-order valence-corrected chi connectivity index (χ3v) is 19.9. The van der Waals surface area contributed by atoms with E-state index in [0.717, 1.165) is 32.1 Å². The molecule has 0 unspecified atom stereocenters. The maximum absolute atomic E-state index is 15.3. The van der Waals surface area contributed by atoms with Gasteiger partial charge < -0.3 is 95.0 Å². The van der Waals surface area contributed by atoms with Crippen LogP contribution in [-0.2, 0) is 104 Å². The molecule has 1 aromatic heterocycles. The van der Waals surface area contributed by atoms with Crippen molar-refractivity contribution >= 4 is 76.8 Å². The molecule has 0 aliphatic carbocycles. The molecule has 7 rings (SSSR count). The van der Waals surface area contributed by atoms with Crippen LogP contribution in [0.5, 0.6) is 0 Å². The summed E-state index contributed by atoms with van der Waals surface area (Å²) in [6.07, 6.45) is -1.19. The lowest BCUT2D eigenvalue weighted by atomic mass is 9.96. The van der Waals surface area contributed by atoms with Crippen LogP contribution in [0.2, 0.25) is 0 Å². The smallest absolute Gasteiger partial charge is 0.246 e. The molecule has 34 heteroatoms. The van der Waals surface area contributed by atoms with E-state index >= 15 is 19.2 Å². The van der Waals surface area contributed by atoms with Crippen LogP contribution in [-0.4, -0.2) is 218 Å². The van der Waals surface area contributed by atoms with Crippen molar-refractivity contribution in [2.45, 2.75) is 254 Å². The number of primary amides is 2. The maximum Gasteiger partial charge on any atom is 0.246 e. The zero-order valence-corrected chi connectivity index (χ0v) is 64.6. The van der Waals surface area contributed by atoms with Gasteiger partial charge in [0.05, 0.1) is 18.7 Å². The van der Waals surface area contributed by atoms with E-state index in [0.29, 0.717) is 29.5 Å². The molecule has 0 radical (unpaired) electrons. The highest BCUT2D eigenvalue weighted by Crippen LogP contribution is 2.26. The van der Waals surface area contributed by atoms with Crippen LogP contribution in [0.1, 0.15) is 153 Å². The van der Waals surface area contributed by atoms with E-state index in [1.54, 1.807) is 105 Å². The Morgan fingerprint density at radius 1 is 0.562 bits per heavy atom. The van der Waals surface area contributed by atoms with E-state index in [1.165, 1.54) is 22.9 Å². The van der Waals surface area contributed by atoms with E-state index in [4.69, 9.17) is 26.7 Å². The van der Waals surface area contributed by atoms with Gasteiger partial charge in [0.15, 0.2) is 6.29 Å². The van der Waals surface area contributed by atoms with Gasteiger partial charge in [0.1, 0.15) is 84.8 Å². The van der Waals surface area contributed by atoms with E-state index in [2.05, 4.69) is 70.4 Å². The number of aliphatic hydroxyl groups is 2. The predicted molar refractivity (Wildman–Crippen MR) is 409 cm³/mol. The highest BCUT2D eigenvalue weighted by Gasteiger charge is 2.47. The van der Waals surface area contributed by atoms with Crippen LogP contribution in [0.15, 0.2) is 97.2 Å². The minimum atomic E-state index is -1.92. The Labute approximate surface area is 652 Å². The number of hydrogen-bond donors (Lipinski definition) is 15. The Kier molecular flexibility index (Phi) is 35.5. The summed E-state index contributed by atoms with van der Waals surface area (Å²) in [4.78, 5) is 190. The molecular weight excluding hydrogens is 1450 g/mol. The third kappa shape index (κ3) is 27.6. The molecule has 18 N–H and O–H groups in total. The number of methoxy groups -OCH3 is 1. The van der Waals surface area contributed by atoms with Crippen LogP contribution in [0.3, 0.4) is 0 Å². The van der Waals surface area contributed by atoms with Gasteiger partial charge in [-0.15, -0.1) is 5.10 Å². The Bertz CT molecular complexity index is 3800. The average Bonchev–Trinajstić information content (AvgIpc) is 1.11. The number of carbonyl (C=O) groups excluding carboxylic acids is 13. The number of aromatic nitrogens is 3. The molecule has 13 amide bonds. The Morgan fingerprint density at radius 2 is 1.04 bits per heavy atom. The number of rotatable bonds is 30. The summed E-state index contributed by atoms with van der Waals surface area (Å²) in [5.41, 5.74) is 19.0. The fraction of sp³-hybridized carbons (Fsp3) is 0.577. The number of fused-ring (bicyclic) bond motifs is 1. The van der Waals surface area contributed by atoms with Crippen molar-refractivity contribution in [3.05, 3.63) is 120 Å². The normalized spacial score (nSPS) is 25.9. The monoisotopic (exact) mass is 1560 g/mol. The van der Waals surface area contributed by atoms with Crippen molar-refractivity contribution in [2.24, 2.45) is 29.0 Å². The number of amides is 13. The number of nitrogens with two attached hydrogens (primary N) is 3. The van der Waals surface area contributed by atoms with Crippen molar-refractivity contribution in [1.29, 1.82) is 0 Å². The minimum Gasteiger partial charge on any atom is -0.388 e. The fourth-order valence-corrected chi connectivity index (χ4v) is 13.8. The number of benzene rings is 3. The van der Waals surface area contributed by atoms with Crippen molar-refractivity contribution in [1.82, 2.24) is 73.1 Å². The Balaban J connectivity index is 1.28. The van der Waals surface area contributed by atoms with Crippen molar-refractivity contribution in [3.63, 3.8) is 0 Å². The van der Waals surface area contributed by atoms with Gasteiger partial charge in [0.25, 0.3) is 0 Å². The second-order valence-corrected chi connectivity index (χ2v) is 29.7. The summed E-state index contributed by atoms with van der Waals surface area (Å²) in [6.45, 7) is 8.67. The zero-order valence-electron chi connectivity index (χ0n) is 64.6. The van der Waals surface area contributed by atoms with Gasteiger partial charge in [-0.2, -0.15) is 0 Å². The second-order valence-electron chi connectivity index (χ2n) is 29.7. The highest BCUT2D eigenvalue weighted by atomic mass is 16.7. The topological polar surface area (TPSA) is 513 Å². The predicted octanol–water partition coefficient (Wildman–Crippen LogP) is -1.17. The molecule has 34 nitrogen and oxygen atoms in total. The Hall–Kier alpha value is -10.3. The number of ether oxygens (including phenoxy) is 2. The first-order chi connectivity index (χ1) is 53.5. The molecule has 0 bridgehead atoms. The lowest BCUT2D eigenvalue weighted by Crippen LogP contribution is -2.64. The summed E-state index contributed by atoms with van der Waals surface area (Å²) in [5, 5.41) is 58.2. The number of carbonyl (C=O) groups is 13. The third-order valence-electron chi connectivity index (χ3n) is 19.9. The lowest BCUT2D eigenvalue weighted by Gasteiger charge is -2.42. The number of hydrogen-bond acceptors (Lipinski definition) is 20. The molecular formula is C78H113N17O17. The van der Waals surface area contributed by atoms with Gasteiger partial charge in [-0.25, -0.2) is 4.68 Å². The first kappa shape index (κ1) is 88.9. The first-order valence-corrected chi connectivity index (χ1v) is 38.7. The van der Waals surface area contributed by atoms with E-state index in [-0.39, 0.29) is 88.5 Å². The highest BCUT2D eigenvalue weighted by molar-refractivity contribution is 6.01. The fourth-order valence-electron chi connectivity index (χ4n) is 13.8.